The van der Waals surface area contributed by atoms with Crippen LogP contribution in [0.4, 0.5) is 4.39 Å². The van der Waals surface area contributed by atoms with Crippen molar-refractivity contribution in [2.45, 2.75) is 0 Å². The van der Waals surface area contributed by atoms with E-state index >= 15 is 0 Å². The lowest BCUT2D eigenvalue weighted by Gasteiger charge is -2.13. The maximum Gasteiger partial charge on any atom is 0.178 e. The molecule has 0 aliphatic heterocycles. The largest absolute Gasteiger partial charge is 0.508 e. The van der Waals surface area contributed by atoms with E-state index in [1.54, 1.807) is 42.5 Å². The van der Waals surface area contributed by atoms with Crippen LogP contribution in [0.2, 0.25) is 0 Å². The maximum absolute atomic E-state index is 13.6. The number of phenolic OH excluding ortho intramolecular Hbond substituents is 1. The highest BCUT2D eigenvalue weighted by Gasteiger charge is 2.12. The molecule has 3 rings (SSSR count). The first-order chi connectivity index (χ1) is 10.6. The van der Waals surface area contributed by atoms with Gasteiger partial charge in [-0.2, -0.15) is 0 Å². The molecule has 0 atom stereocenters. The first-order valence-corrected chi connectivity index (χ1v) is 6.83. The lowest BCUT2D eigenvalue weighted by molar-refractivity contribution is -0.110. The van der Waals surface area contributed by atoms with Crippen molar-refractivity contribution in [2.75, 3.05) is 0 Å². The lowest BCUT2D eigenvalue weighted by Crippen LogP contribution is -1.97. The van der Waals surface area contributed by atoms with Gasteiger partial charge >= 0.3 is 0 Å². The van der Waals surface area contributed by atoms with E-state index in [2.05, 4.69) is 0 Å². The highest BCUT2D eigenvalue weighted by Crippen LogP contribution is 2.30. The minimum atomic E-state index is -0.325. The molecule has 0 spiro atoms. The summed E-state index contributed by atoms with van der Waals surface area (Å²) in [5.41, 5.74) is 3.17. The summed E-state index contributed by atoms with van der Waals surface area (Å²) in [4.78, 5) is 11.3. The highest BCUT2D eigenvalue weighted by molar-refractivity contribution is 6.03. The van der Waals surface area contributed by atoms with Crippen LogP contribution in [0, 0.1) is 5.82 Å². The monoisotopic (exact) mass is 292 g/mol. The molecule has 2 nitrogen and oxygen atoms in total. The van der Waals surface area contributed by atoms with E-state index in [1.807, 2.05) is 6.07 Å². The molecule has 22 heavy (non-hydrogen) atoms. The van der Waals surface area contributed by atoms with Crippen LogP contribution in [0.15, 0.2) is 78.4 Å². The van der Waals surface area contributed by atoms with Gasteiger partial charge in [-0.15, -0.1) is 0 Å². The average Bonchev–Trinajstić information content (AvgIpc) is 2.51. The van der Waals surface area contributed by atoms with E-state index < -0.39 is 0 Å². The molecule has 0 saturated carbocycles. The molecule has 0 aromatic heterocycles. The van der Waals surface area contributed by atoms with Crippen LogP contribution >= 0.6 is 0 Å². The van der Waals surface area contributed by atoms with E-state index in [9.17, 15) is 14.3 Å². The predicted molar refractivity (Wildman–Crippen MR) is 83.8 cm³/mol. The average molecular weight is 292 g/mol. The first-order valence-electron chi connectivity index (χ1n) is 6.83. The van der Waals surface area contributed by atoms with Crippen molar-refractivity contribution in [3.8, 4) is 5.75 Å². The Morgan fingerprint density at radius 1 is 0.864 bits per heavy atom. The number of hydrogen-bond donors (Lipinski definition) is 1. The van der Waals surface area contributed by atoms with Crippen molar-refractivity contribution in [2.24, 2.45) is 0 Å². The van der Waals surface area contributed by atoms with Crippen LogP contribution < -0.4 is 0 Å². The van der Waals surface area contributed by atoms with E-state index in [1.165, 1.54) is 24.3 Å². The third-order valence-electron chi connectivity index (χ3n) is 3.41. The summed E-state index contributed by atoms with van der Waals surface area (Å²) in [6.07, 6.45) is 6.40. The Morgan fingerprint density at radius 3 is 2.18 bits per heavy atom. The van der Waals surface area contributed by atoms with Gasteiger partial charge in [-0.05, 0) is 58.7 Å². The highest BCUT2D eigenvalue weighted by atomic mass is 19.1. The number of rotatable bonds is 2. The Kier molecular flexibility index (Phi) is 3.71. The van der Waals surface area contributed by atoms with Crippen LogP contribution in [0.1, 0.15) is 11.1 Å². The van der Waals surface area contributed by atoms with E-state index in [0.29, 0.717) is 5.56 Å². The molecule has 1 aliphatic rings. The zero-order valence-corrected chi connectivity index (χ0v) is 11.7. The van der Waals surface area contributed by atoms with E-state index in [4.69, 9.17) is 0 Å². The standard InChI is InChI=1S/C19H13FO2/c20-16-3-1-2-15(12-16)19(13-4-8-17(21)9-5-13)14-6-10-18(22)11-7-14/h1-12,21H. The van der Waals surface area contributed by atoms with Gasteiger partial charge in [0, 0.05) is 0 Å². The summed E-state index contributed by atoms with van der Waals surface area (Å²) in [7, 11) is 0. The van der Waals surface area contributed by atoms with Crippen molar-refractivity contribution in [3.05, 3.63) is 95.4 Å². The Balaban J connectivity index is 2.21. The Morgan fingerprint density at radius 2 is 1.55 bits per heavy atom. The third-order valence-corrected chi connectivity index (χ3v) is 3.41. The minimum absolute atomic E-state index is 0.0759. The number of hydrogen-bond acceptors (Lipinski definition) is 2. The van der Waals surface area contributed by atoms with Gasteiger partial charge in [0.1, 0.15) is 11.6 Å². The van der Waals surface area contributed by atoms with E-state index in [-0.39, 0.29) is 17.3 Å². The van der Waals surface area contributed by atoms with Crippen LogP contribution in [0.3, 0.4) is 0 Å². The molecule has 1 N–H and O–H groups in total. The third kappa shape index (κ3) is 2.88. The Hall–Kier alpha value is -2.94. The predicted octanol–water partition coefficient (Wildman–Crippen LogP) is 4.03. The Labute approximate surface area is 127 Å². The molecular weight excluding hydrogens is 279 g/mol. The molecular formula is C19H13FO2. The van der Waals surface area contributed by atoms with Crippen molar-refractivity contribution < 1.29 is 14.3 Å². The smallest absolute Gasteiger partial charge is 0.178 e. The van der Waals surface area contributed by atoms with Crippen molar-refractivity contribution in [1.82, 2.24) is 0 Å². The van der Waals surface area contributed by atoms with Gasteiger partial charge in [-0.25, -0.2) is 4.39 Å². The van der Waals surface area contributed by atoms with Crippen LogP contribution in [0.25, 0.3) is 5.57 Å². The SMILES string of the molecule is O=C1C=CC(=C(c2ccc(O)cc2)c2cccc(F)c2)C=C1. The normalized spacial score (nSPS) is 13.5. The quantitative estimate of drug-likeness (QED) is 0.907. The fourth-order valence-corrected chi connectivity index (χ4v) is 2.39. The van der Waals surface area contributed by atoms with Crippen molar-refractivity contribution >= 4 is 11.4 Å². The van der Waals surface area contributed by atoms with Gasteiger partial charge in [0.15, 0.2) is 5.78 Å². The molecule has 3 heteroatoms. The van der Waals surface area contributed by atoms with Gasteiger partial charge in [-0.3, -0.25) is 4.79 Å². The second-order valence-electron chi connectivity index (χ2n) is 4.96. The van der Waals surface area contributed by atoms with Crippen LogP contribution in [0.5, 0.6) is 5.75 Å². The van der Waals surface area contributed by atoms with E-state index in [0.717, 1.165) is 16.7 Å². The second kappa shape index (κ2) is 5.82. The number of carbonyl (C=O) groups excluding carboxylic acids is 1. The molecule has 108 valence electrons. The molecule has 1 aliphatic carbocycles. The van der Waals surface area contributed by atoms with Gasteiger partial charge in [0.2, 0.25) is 0 Å². The number of phenols is 1. The van der Waals surface area contributed by atoms with Gasteiger partial charge < -0.3 is 5.11 Å². The summed E-state index contributed by atoms with van der Waals surface area (Å²) in [6.45, 7) is 0. The number of carbonyl (C=O) groups is 1. The van der Waals surface area contributed by atoms with Gasteiger partial charge in [0.25, 0.3) is 0 Å². The Bertz CT molecular complexity index is 794. The molecule has 2 aromatic rings. The molecule has 0 saturated heterocycles. The number of aromatic hydroxyl groups is 1. The molecule has 0 radical (unpaired) electrons. The van der Waals surface area contributed by atoms with Crippen LogP contribution in [-0.2, 0) is 4.79 Å². The molecule has 0 amide bonds. The molecule has 2 aromatic carbocycles. The summed E-state index contributed by atoms with van der Waals surface area (Å²) in [5.74, 6) is -0.237. The lowest BCUT2D eigenvalue weighted by atomic mass is 9.91. The first kappa shape index (κ1) is 14.0. The summed E-state index contributed by atoms with van der Waals surface area (Å²) < 4.78 is 13.6. The maximum atomic E-state index is 13.6. The topological polar surface area (TPSA) is 37.3 Å². The summed E-state index contributed by atoms with van der Waals surface area (Å²) in [6, 6.07) is 13.0. The summed E-state index contributed by atoms with van der Waals surface area (Å²) >= 11 is 0. The number of allylic oxidation sites excluding steroid dienone is 5. The second-order valence-corrected chi connectivity index (χ2v) is 4.96. The zero-order chi connectivity index (χ0) is 15.5. The fourth-order valence-electron chi connectivity index (χ4n) is 2.39. The van der Waals surface area contributed by atoms with Gasteiger partial charge in [0.05, 0.1) is 0 Å². The van der Waals surface area contributed by atoms with Gasteiger partial charge in [-0.1, -0.05) is 36.4 Å². The molecule has 0 bridgehead atoms. The van der Waals surface area contributed by atoms with Crippen molar-refractivity contribution in [3.63, 3.8) is 0 Å². The fraction of sp³-hybridized carbons (Fsp3) is 0. The minimum Gasteiger partial charge on any atom is -0.508 e. The molecule has 0 fully saturated rings. The van der Waals surface area contributed by atoms with Crippen molar-refractivity contribution in [1.29, 1.82) is 0 Å². The molecule has 0 unspecified atom stereocenters. The number of ketones is 1. The molecule has 0 heterocycles. The number of benzene rings is 2. The number of halogens is 1. The van der Waals surface area contributed by atoms with Crippen LogP contribution in [-0.4, -0.2) is 10.9 Å². The summed E-state index contributed by atoms with van der Waals surface area (Å²) in [5, 5.41) is 9.45. The zero-order valence-electron chi connectivity index (χ0n) is 11.7.